The molecule has 0 unspecified atom stereocenters. The van der Waals surface area contributed by atoms with Gasteiger partial charge in [-0.2, -0.15) is 0 Å². The van der Waals surface area contributed by atoms with Crippen LogP contribution in [0.2, 0.25) is 0 Å². The first-order valence-corrected chi connectivity index (χ1v) is 10.4. The van der Waals surface area contributed by atoms with E-state index in [0.717, 1.165) is 41.9 Å². The van der Waals surface area contributed by atoms with Gasteiger partial charge < -0.3 is 14.2 Å². The summed E-state index contributed by atoms with van der Waals surface area (Å²) in [4.78, 5) is 19.1. The Morgan fingerprint density at radius 1 is 1.20 bits per heavy atom. The molecule has 1 amide bonds. The molecule has 0 N–H and O–H groups in total. The van der Waals surface area contributed by atoms with Crippen molar-refractivity contribution in [3.8, 4) is 5.75 Å². The first kappa shape index (κ1) is 20.1. The Hall–Kier alpha value is -3.15. The molecule has 2 heterocycles. The molecule has 1 aromatic heterocycles. The average molecular weight is 407 g/mol. The SMILES string of the molecule is CCc1nc2cc(F)ccc2n1C1CCN(C(=O)C=Cc2ccc(OC)cc2)CC1. The Bertz CT molecular complexity index is 1060. The Labute approximate surface area is 175 Å². The summed E-state index contributed by atoms with van der Waals surface area (Å²) in [6, 6.07) is 12.7. The molecule has 0 saturated carbocycles. The zero-order valence-electron chi connectivity index (χ0n) is 17.3. The number of benzene rings is 2. The molecule has 0 spiro atoms. The summed E-state index contributed by atoms with van der Waals surface area (Å²) in [7, 11) is 1.63. The number of ether oxygens (including phenoxy) is 1. The van der Waals surface area contributed by atoms with Crippen molar-refractivity contribution >= 4 is 23.0 Å². The second kappa shape index (κ2) is 8.69. The van der Waals surface area contributed by atoms with Crippen LogP contribution in [-0.4, -0.2) is 40.6 Å². The summed E-state index contributed by atoms with van der Waals surface area (Å²) >= 11 is 0. The third kappa shape index (κ3) is 4.08. The number of amides is 1. The maximum absolute atomic E-state index is 13.6. The number of aromatic nitrogens is 2. The van der Waals surface area contributed by atoms with E-state index in [0.29, 0.717) is 18.6 Å². The van der Waals surface area contributed by atoms with Crippen molar-refractivity contribution in [2.45, 2.75) is 32.2 Å². The molecule has 5 nitrogen and oxygen atoms in total. The van der Waals surface area contributed by atoms with Crippen molar-refractivity contribution in [1.82, 2.24) is 14.5 Å². The van der Waals surface area contributed by atoms with E-state index in [1.165, 1.54) is 12.1 Å². The predicted molar refractivity (Wildman–Crippen MR) is 116 cm³/mol. The number of halogens is 1. The van der Waals surface area contributed by atoms with Crippen molar-refractivity contribution in [2.75, 3.05) is 20.2 Å². The summed E-state index contributed by atoms with van der Waals surface area (Å²) in [5.74, 6) is 1.53. The maximum atomic E-state index is 13.6. The summed E-state index contributed by atoms with van der Waals surface area (Å²) in [5, 5.41) is 0. The van der Waals surface area contributed by atoms with Gasteiger partial charge in [-0.25, -0.2) is 9.37 Å². The molecule has 0 bridgehead atoms. The number of piperidine rings is 1. The van der Waals surface area contributed by atoms with E-state index in [9.17, 15) is 9.18 Å². The molecule has 1 aliphatic heterocycles. The van der Waals surface area contributed by atoms with Crippen LogP contribution in [0.3, 0.4) is 0 Å². The summed E-state index contributed by atoms with van der Waals surface area (Å²) in [6.07, 6.45) is 5.98. The molecule has 1 saturated heterocycles. The quantitative estimate of drug-likeness (QED) is 0.580. The molecular weight excluding hydrogens is 381 g/mol. The van der Waals surface area contributed by atoms with Gasteiger partial charge in [0.05, 0.1) is 18.1 Å². The lowest BCUT2D eigenvalue weighted by atomic mass is 10.0. The Morgan fingerprint density at radius 2 is 1.93 bits per heavy atom. The van der Waals surface area contributed by atoms with Crippen LogP contribution < -0.4 is 4.74 Å². The van der Waals surface area contributed by atoms with Crippen molar-refractivity contribution in [2.24, 2.45) is 0 Å². The number of carbonyl (C=O) groups is 1. The molecule has 4 rings (SSSR count). The van der Waals surface area contributed by atoms with Crippen molar-refractivity contribution in [3.05, 3.63) is 65.7 Å². The van der Waals surface area contributed by atoms with E-state index in [2.05, 4.69) is 16.5 Å². The van der Waals surface area contributed by atoms with Gasteiger partial charge in [0.2, 0.25) is 5.91 Å². The normalized spacial score (nSPS) is 15.2. The Kier molecular flexibility index (Phi) is 5.84. The molecule has 0 atom stereocenters. The van der Waals surface area contributed by atoms with Gasteiger partial charge in [-0.15, -0.1) is 0 Å². The van der Waals surface area contributed by atoms with Crippen LogP contribution >= 0.6 is 0 Å². The van der Waals surface area contributed by atoms with Crippen LogP contribution in [0.5, 0.6) is 5.75 Å². The number of hydrogen-bond donors (Lipinski definition) is 0. The zero-order valence-corrected chi connectivity index (χ0v) is 17.3. The second-order valence-corrected chi connectivity index (χ2v) is 7.55. The number of likely N-dealkylation sites (tertiary alicyclic amines) is 1. The van der Waals surface area contributed by atoms with Gasteiger partial charge in [0.1, 0.15) is 17.4 Å². The number of imidazole rings is 1. The Morgan fingerprint density at radius 3 is 2.60 bits per heavy atom. The topological polar surface area (TPSA) is 47.4 Å². The monoisotopic (exact) mass is 407 g/mol. The van der Waals surface area contributed by atoms with Crippen molar-refractivity contribution in [1.29, 1.82) is 0 Å². The minimum absolute atomic E-state index is 0.0255. The highest BCUT2D eigenvalue weighted by Gasteiger charge is 2.25. The van der Waals surface area contributed by atoms with Crippen LogP contribution in [-0.2, 0) is 11.2 Å². The molecule has 0 aliphatic carbocycles. The fourth-order valence-electron chi connectivity index (χ4n) is 4.11. The lowest BCUT2D eigenvalue weighted by Crippen LogP contribution is -2.38. The Balaban J connectivity index is 1.43. The van der Waals surface area contributed by atoms with Crippen LogP contribution in [0.25, 0.3) is 17.1 Å². The molecule has 1 aliphatic rings. The molecule has 2 aromatic carbocycles. The maximum Gasteiger partial charge on any atom is 0.246 e. The van der Waals surface area contributed by atoms with Gasteiger partial charge in [0.25, 0.3) is 0 Å². The number of rotatable bonds is 5. The van der Waals surface area contributed by atoms with E-state index < -0.39 is 0 Å². The minimum Gasteiger partial charge on any atom is -0.497 e. The minimum atomic E-state index is -0.265. The van der Waals surface area contributed by atoms with Crippen LogP contribution in [0, 0.1) is 5.82 Å². The van der Waals surface area contributed by atoms with Gasteiger partial charge in [-0.3, -0.25) is 4.79 Å². The van der Waals surface area contributed by atoms with Gasteiger partial charge in [0.15, 0.2) is 0 Å². The van der Waals surface area contributed by atoms with Crippen LogP contribution in [0.1, 0.15) is 37.2 Å². The van der Waals surface area contributed by atoms with Gasteiger partial charge in [0, 0.05) is 37.7 Å². The standard InChI is InChI=1S/C24H26FN3O2/c1-3-23-26-21-16-18(25)7-10-22(21)28(23)19-12-14-27(15-13-19)24(29)11-6-17-4-8-20(30-2)9-5-17/h4-11,16,19H,3,12-15H2,1-2H3. The summed E-state index contributed by atoms with van der Waals surface area (Å²) in [6.45, 7) is 3.46. The highest BCUT2D eigenvalue weighted by molar-refractivity contribution is 5.91. The van der Waals surface area contributed by atoms with Crippen LogP contribution in [0.15, 0.2) is 48.5 Å². The predicted octanol–water partition coefficient (Wildman–Crippen LogP) is 4.62. The van der Waals surface area contributed by atoms with Gasteiger partial charge >= 0.3 is 0 Å². The number of hydrogen-bond acceptors (Lipinski definition) is 3. The molecule has 6 heteroatoms. The molecular formula is C24H26FN3O2. The second-order valence-electron chi connectivity index (χ2n) is 7.55. The molecule has 30 heavy (non-hydrogen) atoms. The highest BCUT2D eigenvalue weighted by atomic mass is 19.1. The first-order chi connectivity index (χ1) is 14.6. The number of fused-ring (bicyclic) bond motifs is 1. The van der Waals surface area contributed by atoms with Gasteiger partial charge in [-0.1, -0.05) is 19.1 Å². The van der Waals surface area contributed by atoms with E-state index in [1.807, 2.05) is 41.3 Å². The number of nitrogens with zero attached hydrogens (tertiary/aromatic N) is 3. The smallest absolute Gasteiger partial charge is 0.246 e. The number of carbonyl (C=O) groups excluding carboxylic acids is 1. The first-order valence-electron chi connectivity index (χ1n) is 10.4. The van der Waals surface area contributed by atoms with Gasteiger partial charge in [-0.05, 0) is 48.7 Å². The molecule has 156 valence electrons. The number of aryl methyl sites for hydroxylation is 1. The van der Waals surface area contributed by atoms with E-state index in [4.69, 9.17) is 4.74 Å². The number of methoxy groups -OCH3 is 1. The fraction of sp³-hybridized carbons (Fsp3) is 0.333. The summed E-state index contributed by atoms with van der Waals surface area (Å²) in [5.41, 5.74) is 2.63. The third-order valence-electron chi connectivity index (χ3n) is 5.72. The zero-order chi connectivity index (χ0) is 21.1. The fourth-order valence-corrected chi connectivity index (χ4v) is 4.11. The van der Waals surface area contributed by atoms with E-state index >= 15 is 0 Å². The third-order valence-corrected chi connectivity index (χ3v) is 5.72. The van der Waals surface area contributed by atoms with E-state index in [1.54, 1.807) is 13.2 Å². The molecule has 0 radical (unpaired) electrons. The van der Waals surface area contributed by atoms with Crippen molar-refractivity contribution < 1.29 is 13.9 Å². The average Bonchev–Trinajstić information content (AvgIpc) is 3.15. The van der Waals surface area contributed by atoms with Crippen molar-refractivity contribution in [3.63, 3.8) is 0 Å². The molecule has 1 fully saturated rings. The highest BCUT2D eigenvalue weighted by Crippen LogP contribution is 2.29. The largest absolute Gasteiger partial charge is 0.497 e. The van der Waals surface area contributed by atoms with Crippen LogP contribution in [0.4, 0.5) is 4.39 Å². The summed E-state index contributed by atoms with van der Waals surface area (Å²) < 4.78 is 21.0. The lowest BCUT2D eigenvalue weighted by molar-refractivity contribution is -0.127. The lowest BCUT2D eigenvalue weighted by Gasteiger charge is -2.33. The van der Waals surface area contributed by atoms with E-state index in [-0.39, 0.29) is 17.8 Å². The molecule has 3 aromatic rings.